The van der Waals surface area contributed by atoms with E-state index in [9.17, 15) is 19.2 Å². The van der Waals surface area contributed by atoms with Crippen molar-refractivity contribution in [3.63, 3.8) is 0 Å². The summed E-state index contributed by atoms with van der Waals surface area (Å²) in [5, 5.41) is 3.34. The topological polar surface area (TPSA) is 182 Å². The van der Waals surface area contributed by atoms with E-state index in [1.807, 2.05) is 0 Å². The van der Waals surface area contributed by atoms with Crippen molar-refractivity contribution in [2.24, 2.45) is 5.11 Å². The van der Waals surface area contributed by atoms with Crippen LogP contribution in [0.2, 0.25) is 0 Å². The summed E-state index contributed by atoms with van der Waals surface area (Å²) in [4.78, 5) is 49.2. The molecule has 0 saturated carbocycles. The number of esters is 4. The van der Waals surface area contributed by atoms with Gasteiger partial charge in [0.15, 0.2) is 18.3 Å². The lowest BCUT2D eigenvalue weighted by Gasteiger charge is -2.44. The molecule has 0 N–H and O–H groups in total. The number of ether oxygens (including phenoxy) is 7. The van der Waals surface area contributed by atoms with Gasteiger partial charge in [-0.15, -0.1) is 0 Å². The molecule has 0 aliphatic carbocycles. The largest absolute Gasteiger partial charge is 0.463 e. The molecule has 14 heteroatoms. The Bertz CT molecular complexity index is 741. The van der Waals surface area contributed by atoms with Crippen molar-refractivity contribution in [1.82, 2.24) is 0 Å². The summed E-state index contributed by atoms with van der Waals surface area (Å²) in [5.74, 6) is -2.63. The lowest BCUT2D eigenvalue weighted by Crippen LogP contribution is -2.62. The van der Waals surface area contributed by atoms with E-state index in [-0.39, 0.29) is 46.0 Å². The molecule has 5 atom stereocenters. The van der Waals surface area contributed by atoms with Gasteiger partial charge in [0, 0.05) is 52.2 Å². The van der Waals surface area contributed by atoms with Crippen LogP contribution in [0, 0.1) is 0 Å². The van der Waals surface area contributed by atoms with Gasteiger partial charge >= 0.3 is 23.9 Å². The standard InChI is InChI=1S/C20H31N3O11/c1-12(24)30-11-17-19(32-14(3)26)20(33-15(4)27)18(31-13(2)25)16(34-17)5-7-28-9-10-29-8-6-22-23-21/h16-20H,5-11H2,1-4H3/t16?,17-,18+,19+,20-/m1/s1. The van der Waals surface area contributed by atoms with Crippen LogP contribution >= 0.6 is 0 Å². The normalized spacial score (nSPS) is 23.8. The van der Waals surface area contributed by atoms with Crippen LogP contribution in [0.1, 0.15) is 34.1 Å². The molecule has 0 aromatic carbocycles. The van der Waals surface area contributed by atoms with E-state index in [1.165, 1.54) is 13.8 Å². The lowest BCUT2D eigenvalue weighted by atomic mass is 9.92. The molecule has 0 bridgehead atoms. The third-order valence-corrected chi connectivity index (χ3v) is 4.40. The van der Waals surface area contributed by atoms with Crippen LogP contribution in [-0.2, 0) is 52.3 Å². The zero-order valence-electron chi connectivity index (χ0n) is 19.7. The maximum Gasteiger partial charge on any atom is 0.303 e. The predicted molar refractivity (Wildman–Crippen MR) is 112 cm³/mol. The summed E-state index contributed by atoms with van der Waals surface area (Å²) in [6.45, 7) is 5.54. The molecule has 0 radical (unpaired) electrons. The van der Waals surface area contributed by atoms with Crippen molar-refractivity contribution >= 4 is 23.9 Å². The van der Waals surface area contributed by atoms with Crippen LogP contribution in [0.25, 0.3) is 10.4 Å². The van der Waals surface area contributed by atoms with Gasteiger partial charge in [0.25, 0.3) is 0 Å². The lowest BCUT2D eigenvalue weighted by molar-refractivity contribution is -0.254. The van der Waals surface area contributed by atoms with E-state index < -0.39 is 54.4 Å². The Kier molecular flexibility index (Phi) is 13.5. The second kappa shape index (κ2) is 15.8. The zero-order chi connectivity index (χ0) is 25.5. The first kappa shape index (κ1) is 29.1. The summed E-state index contributed by atoms with van der Waals surface area (Å²) in [6, 6.07) is 0. The van der Waals surface area contributed by atoms with Gasteiger partial charge in [-0.1, -0.05) is 5.11 Å². The minimum Gasteiger partial charge on any atom is -0.463 e. The predicted octanol–water partition coefficient (Wildman–Crippen LogP) is 0.846. The molecule has 1 saturated heterocycles. The molecule has 1 aliphatic heterocycles. The highest BCUT2D eigenvalue weighted by Crippen LogP contribution is 2.30. The summed E-state index contributed by atoms with van der Waals surface area (Å²) in [5.41, 5.74) is 8.20. The second-order valence-corrected chi connectivity index (χ2v) is 7.21. The smallest absolute Gasteiger partial charge is 0.303 e. The van der Waals surface area contributed by atoms with Crippen LogP contribution in [-0.4, -0.2) is 94.0 Å². The number of carbonyl (C=O) groups excluding carboxylic acids is 4. The van der Waals surface area contributed by atoms with Gasteiger partial charge in [-0.2, -0.15) is 0 Å². The van der Waals surface area contributed by atoms with Gasteiger partial charge in [0.05, 0.1) is 19.8 Å². The van der Waals surface area contributed by atoms with E-state index >= 15 is 0 Å². The second-order valence-electron chi connectivity index (χ2n) is 7.21. The first-order valence-electron chi connectivity index (χ1n) is 10.6. The highest BCUT2D eigenvalue weighted by Gasteiger charge is 2.51. The minimum atomic E-state index is -1.20. The van der Waals surface area contributed by atoms with Crippen molar-refractivity contribution in [3.05, 3.63) is 10.4 Å². The Hall–Kier alpha value is -2.93. The van der Waals surface area contributed by atoms with E-state index in [0.29, 0.717) is 0 Å². The molecule has 1 heterocycles. The van der Waals surface area contributed by atoms with Gasteiger partial charge < -0.3 is 33.2 Å². The highest BCUT2D eigenvalue weighted by molar-refractivity contribution is 5.68. The van der Waals surface area contributed by atoms with Crippen molar-refractivity contribution in [2.75, 3.05) is 39.6 Å². The molecule has 0 aromatic heterocycles. The Labute approximate surface area is 196 Å². The fourth-order valence-electron chi connectivity index (χ4n) is 3.22. The fourth-order valence-corrected chi connectivity index (χ4v) is 3.22. The minimum absolute atomic E-state index is 0.160. The molecule has 0 spiro atoms. The fraction of sp³-hybridized carbons (Fsp3) is 0.800. The maximum absolute atomic E-state index is 11.8. The molecular formula is C20H31N3O11. The van der Waals surface area contributed by atoms with E-state index in [1.54, 1.807) is 0 Å². The van der Waals surface area contributed by atoms with Crippen LogP contribution in [0.3, 0.4) is 0 Å². The molecule has 0 amide bonds. The Morgan fingerprint density at radius 2 is 1.29 bits per heavy atom. The number of rotatable bonds is 14. The van der Waals surface area contributed by atoms with E-state index in [0.717, 1.165) is 13.8 Å². The van der Waals surface area contributed by atoms with Crippen LogP contribution in [0.4, 0.5) is 0 Å². The molecule has 1 rings (SSSR count). The quantitative estimate of drug-likeness (QED) is 0.0842. The SMILES string of the molecule is CC(=O)OC[C@H]1OC(CCOCCOCCN=[N+]=[N-])[C@H](OC(C)=O)[C@@H](OC(C)=O)[C@H]1OC(C)=O. The van der Waals surface area contributed by atoms with Crippen molar-refractivity contribution in [2.45, 2.75) is 64.6 Å². The van der Waals surface area contributed by atoms with Crippen LogP contribution in [0.5, 0.6) is 0 Å². The van der Waals surface area contributed by atoms with Crippen LogP contribution < -0.4 is 0 Å². The summed E-state index contributed by atoms with van der Waals surface area (Å²) < 4.78 is 37.8. The third-order valence-electron chi connectivity index (χ3n) is 4.40. The monoisotopic (exact) mass is 489 g/mol. The third kappa shape index (κ3) is 11.3. The number of hydrogen-bond donors (Lipinski definition) is 0. The zero-order valence-corrected chi connectivity index (χ0v) is 19.7. The Morgan fingerprint density at radius 1 is 0.765 bits per heavy atom. The number of nitrogens with zero attached hydrogens (tertiary/aromatic N) is 3. The van der Waals surface area contributed by atoms with Crippen molar-refractivity contribution < 1.29 is 52.3 Å². The molecule has 14 nitrogen and oxygen atoms in total. The summed E-state index contributed by atoms with van der Waals surface area (Å²) >= 11 is 0. The van der Waals surface area contributed by atoms with Crippen molar-refractivity contribution in [1.29, 1.82) is 0 Å². The Morgan fingerprint density at radius 3 is 1.82 bits per heavy atom. The summed E-state index contributed by atoms with van der Waals surface area (Å²) in [7, 11) is 0. The average molecular weight is 489 g/mol. The van der Waals surface area contributed by atoms with Gasteiger partial charge in [-0.05, 0) is 5.53 Å². The highest BCUT2D eigenvalue weighted by atomic mass is 16.7. The average Bonchev–Trinajstić information content (AvgIpc) is 2.74. The van der Waals surface area contributed by atoms with Gasteiger partial charge in [-0.3, -0.25) is 19.2 Å². The van der Waals surface area contributed by atoms with Gasteiger partial charge in [0.1, 0.15) is 18.8 Å². The first-order valence-corrected chi connectivity index (χ1v) is 10.6. The Balaban J connectivity index is 2.91. The molecule has 34 heavy (non-hydrogen) atoms. The number of carbonyl (C=O) groups is 4. The maximum atomic E-state index is 11.8. The number of azide groups is 1. The molecule has 1 fully saturated rings. The summed E-state index contributed by atoms with van der Waals surface area (Å²) in [6.07, 6.45) is -5.11. The van der Waals surface area contributed by atoms with Crippen molar-refractivity contribution in [3.8, 4) is 0 Å². The van der Waals surface area contributed by atoms with Crippen LogP contribution in [0.15, 0.2) is 5.11 Å². The molecule has 1 unspecified atom stereocenters. The molecule has 1 aliphatic rings. The molecule has 0 aromatic rings. The molecular weight excluding hydrogens is 458 g/mol. The first-order chi connectivity index (χ1) is 16.1. The number of hydrogen-bond acceptors (Lipinski definition) is 12. The van der Waals surface area contributed by atoms with E-state index in [4.69, 9.17) is 38.7 Å². The van der Waals surface area contributed by atoms with E-state index in [2.05, 4.69) is 10.0 Å². The van der Waals surface area contributed by atoms with Gasteiger partial charge in [-0.25, -0.2) is 0 Å². The van der Waals surface area contributed by atoms with Gasteiger partial charge in [0.2, 0.25) is 0 Å². The molecule has 192 valence electrons.